The van der Waals surface area contributed by atoms with Gasteiger partial charge in [-0.1, -0.05) is 67.2 Å². The first-order valence-electron chi connectivity index (χ1n) is 12.3. The smallest absolute Gasteiger partial charge is 0.0432 e. The van der Waals surface area contributed by atoms with Crippen molar-refractivity contribution in [2.24, 2.45) is 0 Å². The average Bonchev–Trinajstić information content (AvgIpc) is 2.92. The molecule has 0 spiro atoms. The Hall–Kier alpha value is -3.78. The van der Waals surface area contributed by atoms with Crippen LogP contribution in [0.25, 0.3) is 5.57 Å². The lowest BCUT2D eigenvalue weighted by molar-refractivity contribution is 0.731. The van der Waals surface area contributed by atoms with Gasteiger partial charge in [0.25, 0.3) is 0 Å². The number of rotatable bonds is 4. The van der Waals surface area contributed by atoms with Crippen LogP contribution in [-0.4, -0.2) is 13.1 Å². The number of nitrogens with zero attached hydrogens (tertiary/aromatic N) is 2. The summed E-state index contributed by atoms with van der Waals surface area (Å²) >= 11 is 0. The highest BCUT2D eigenvalue weighted by atomic mass is 15.1. The Morgan fingerprint density at radius 3 is 1.41 bits per heavy atom. The van der Waals surface area contributed by atoms with E-state index in [1.54, 1.807) is 0 Å². The molecule has 0 saturated heterocycles. The molecule has 0 fully saturated rings. The van der Waals surface area contributed by atoms with Crippen molar-refractivity contribution in [2.75, 3.05) is 22.9 Å². The van der Waals surface area contributed by atoms with Gasteiger partial charge in [-0.05, 0) is 88.2 Å². The van der Waals surface area contributed by atoms with Crippen LogP contribution in [0.4, 0.5) is 11.4 Å². The molecule has 0 radical (unpaired) electrons. The third-order valence-electron chi connectivity index (χ3n) is 7.38. The zero-order valence-electron chi connectivity index (χ0n) is 19.6. The minimum Gasteiger partial charge on any atom is -0.367 e. The quantitative estimate of drug-likeness (QED) is 0.340. The van der Waals surface area contributed by atoms with Crippen LogP contribution in [-0.2, 0) is 25.9 Å². The lowest BCUT2D eigenvalue weighted by Crippen LogP contribution is -2.30. The SMILES string of the molecule is C=C(c1ccc2c(c1)CN(c1ccccc1)CC2)c1ccc2c(c1)CN(c1ccccc1)CC2. The van der Waals surface area contributed by atoms with Gasteiger partial charge in [0.1, 0.15) is 0 Å². The number of benzene rings is 4. The summed E-state index contributed by atoms with van der Waals surface area (Å²) in [6.07, 6.45) is 2.18. The second-order valence-corrected chi connectivity index (χ2v) is 9.46. The first-order chi connectivity index (χ1) is 16.7. The van der Waals surface area contributed by atoms with Crippen molar-refractivity contribution in [3.63, 3.8) is 0 Å². The van der Waals surface area contributed by atoms with E-state index in [2.05, 4.69) is 113 Å². The molecule has 2 heterocycles. The van der Waals surface area contributed by atoms with Crippen LogP contribution in [0.1, 0.15) is 33.4 Å². The minimum absolute atomic E-state index is 0.955. The van der Waals surface area contributed by atoms with E-state index in [4.69, 9.17) is 0 Å². The normalized spacial score (nSPS) is 14.9. The average molecular weight is 443 g/mol. The fraction of sp³-hybridized carbons (Fsp3) is 0.188. The fourth-order valence-corrected chi connectivity index (χ4v) is 5.37. The zero-order valence-corrected chi connectivity index (χ0v) is 19.6. The largest absolute Gasteiger partial charge is 0.367 e. The molecule has 168 valence electrons. The molecule has 2 heteroatoms. The predicted molar refractivity (Wildman–Crippen MR) is 143 cm³/mol. The third kappa shape index (κ3) is 4.01. The summed E-state index contributed by atoms with van der Waals surface area (Å²) in [5.41, 5.74) is 11.9. The number of hydrogen-bond acceptors (Lipinski definition) is 2. The van der Waals surface area contributed by atoms with E-state index in [1.165, 1.54) is 44.8 Å². The molecule has 0 aliphatic carbocycles. The second kappa shape index (κ2) is 8.87. The Kier molecular flexibility index (Phi) is 5.43. The fourth-order valence-electron chi connectivity index (χ4n) is 5.37. The number of fused-ring (bicyclic) bond motifs is 2. The maximum Gasteiger partial charge on any atom is 0.0432 e. The Morgan fingerprint density at radius 1 is 0.529 bits per heavy atom. The van der Waals surface area contributed by atoms with Gasteiger partial charge in [-0.15, -0.1) is 0 Å². The van der Waals surface area contributed by atoms with Crippen molar-refractivity contribution in [2.45, 2.75) is 25.9 Å². The summed E-state index contributed by atoms with van der Waals surface area (Å²) in [5.74, 6) is 0. The molecule has 0 bridgehead atoms. The van der Waals surface area contributed by atoms with Crippen LogP contribution in [0.15, 0.2) is 104 Å². The molecule has 2 aliphatic heterocycles. The molecule has 0 atom stereocenters. The Balaban J connectivity index is 1.24. The summed E-state index contributed by atoms with van der Waals surface area (Å²) < 4.78 is 0. The zero-order chi connectivity index (χ0) is 22.9. The van der Waals surface area contributed by atoms with E-state index >= 15 is 0 Å². The summed E-state index contributed by atoms with van der Waals surface area (Å²) in [4.78, 5) is 4.96. The van der Waals surface area contributed by atoms with Crippen molar-refractivity contribution in [1.82, 2.24) is 0 Å². The molecule has 0 N–H and O–H groups in total. The van der Waals surface area contributed by atoms with E-state index in [0.29, 0.717) is 0 Å². The summed E-state index contributed by atoms with van der Waals surface area (Å²) in [6, 6.07) is 35.4. The topological polar surface area (TPSA) is 6.48 Å². The van der Waals surface area contributed by atoms with E-state index in [9.17, 15) is 0 Å². The van der Waals surface area contributed by atoms with Crippen molar-refractivity contribution in [3.8, 4) is 0 Å². The van der Waals surface area contributed by atoms with Crippen LogP contribution in [0, 0.1) is 0 Å². The van der Waals surface area contributed by atoms with E-state index < -0.39 is 0 Å². The maximum absolute atomic E-state index is 4.52. The standard InChI is InChI=1S/C32H30N2/c1-24(27-14-12-25-16-18-33(22-29(25)20-27)31-8-4-2-5-9-31)28-15-13-26-17-19-34(23-30(26)21-28)32-10-6-3-7-11-32/h2-15,20-21H,1,16-19,22-23H2. The molecule has 4 aromatic rings. The van der Waals surface area contributed by atoms with Gasteiger partial charge in [-0.2, -0.15) is 0 Å². The second-order valence-electron chi connectivity index (χ2n) is 9.46. The van der Waals surface area contributed by atoms with E-state index in [-0.39, 0.29) is 0 Å². The highest BCUT2D eigenvalue weighted by molar-refractivity contribution is 5.79. The maximum atomic E-state index is 4.52. The highest BCUT2D eigenvalue weighted by Crippen LogP contribution is 2.31. The molecule has 2 nitrogen and oxygen atoms in total. The van der Waals surface area contributed by atoms with Gasteiger partial charge in [0.2, 0.25) is 0 Å². The van der Waals surface area contributed by atoms with Crippen molar-refractivity contribution in [1.29, 1.82) is 0 Å². The van der Waals surface area contributed by atoms with Gasteiger partial charge in [-0.3, -0.25) is 0 Å². The van der Waals surface area contributed by atoms with Crippen LogP contribution in [0.2, 0.25) is 0 Å². The lowest BCUT2D eigenvalue weighted by atomic mass is 9.90. The summed E-state index contributed by atoms with van der Waals surface area (Å²) in [6.45, 7) is 8.57. The molecular weight excluding hydrogens is 412 g/mol. The van der Waals surface area contributed by atoms with Crippen LogP contribution in [0.3, 0.4) is 0 Å². The number of para-hydroxylation sites is 2. The molecule has 0 saturated carbocycles. The van der Waals surface area contributed by atoms with E-state index in [0.717, 1.165) is 44.6 Å². The Morgan fingerprint density at radius 2 is 0.971 bits per heavy atom. The molecule has 34 heavy (non-hydrogen) atoms. The molecule has 0 aromatic heterocycles. The van der Waals surface area contributed by atoms with Gasteiger partial charge in [-0.25, -0.2) is 0 Å². The monoisotopic (exact) mass is 442 g/mol. The van der Waals surface area contributed by atoms with Crippen LogP contribution in [0.5, 0.6) is 0 Å². The first kappa shape index (κ1) is 20.8. The van der Waals surface area contributed by atoms with Crippen molar-refractivity contribution >= 4 is 16.9 Å². The molecule has 4 aromatic carbocycles. The van der Waals surface area contributed by atoms with Crippen molar-refractivity contribution < 1.29 is 0 Å². The van der Waals surface area contributed by atoms with Gasteiger partial charge in [0.05, 0.1) is 0 Å². The molecule has 6 rings (SSSR count). The molecule has 0 amide bonds. The lowest BCUT2D eigenvalue weighted by Gasteiger charge is -2.32. The summed E-state index contributed by atoms with van der Waals surface area (Å²) in [7, 11) is 0. The van der Waals surface area contributed by atoms with Gasteiger partial charge < -0.3 is 9.80 Å². The van der Waals surface area contributed by atoms with Gasteiger partial charge in [0, 0.05) is 37.6 Å². The minimum atomic E-state index is 0.955. The van der Waals surface area contributed by atoms with Crippen molar-refractivity contribution in [3.05, 3.63) is 137 Å². The van der Waals surface area contributed by atoms with Gasteiger partial charge >= 0.3 is 0 Å². The first-order valence-corrected chi connectivity index (χ1v) is 12.3. The molecule has 2 aliphatic rings. The molecule has 0 unspecified atom stereocenters. The third-order valence-corrected chi connectivity index (χ3v) is 7.38. The summed E-state index contributed by atoms with van der Waals surface area (Å²) in [5, 5.41) is 0. The Bertz CT molecular complexity index is 1220. The van der Waals surface area contributed by atoms with E-state index in [1.807, 2.05) is 0 Å². The van der Waals surface area contributed by atoms with Crippen LogP contribution < -0.4 is 9.80 Å². The predicted octanol–water partition coefficient (Wildman–Crippen LogP) is 6.87. The highest BCUT2D eigenvalue weighted by Gasteiger charge is 2.20. The molecular formula is C32H30N2. The number of anilines is 2. The number of hydrogen-bond donors (Lipinski definition) is 0. The van der Waals surface area contributed by atoms with Crippen LogP contribution >= 0.6 is 0 Å². The van der Waals surface area contributed by atoms with Gasteiger partial charge in [0.15, 0.2) is 0 Å². The Labute approximate surface area is 202 Å².